The maximum Gasteiger partial charge on any atom is 0.336 e. The molecule has 0 radical (unpaired) electrons. The number of rotatable bonds is 6. The monoisotopic (exact) mass is 645 g/mol. The Hall–Kier alpha value is -5.18. The third kappa shape index (κ3) is 11.3. The molecule has 1 aliphatic carbocycles. The molecule has 0 saturated carbocycles. The fourth-order valence-electron chi connectivity index (χ4n) is 5.24. The first kappa shape index (κ1) is 39.8. The number of ketones is 1. The Morgan fingerprint density at radius 1 is 0.872 bits per heavy atom. The van der Waals surface area contributed by atoms with Crippen molar-refractivity contribution in [2.24, 2.45) is 0 Å². The van der Waals surface area contributed by atoms with Crippen molar-refractivity contribution in [1.29, 1.82) is 0 Å². The molecule has 47 heavy (non-hydrogen) atoms. The van der Waals surface area contributed by atoms with Crippen LogP contribution in [0.3, 0.4) is 0 Å². The Balaban J connectivity index is 0.000000668. The number of dihydropyridines is 1. The molecule has 9 nitrogen and oxygen atoms in total. The standard InChI is InChI=1S/C27H29NO5.C7H8O.C2H6.2CH2O/c1-16-11-18(9-10-25(16)31-3)15-33-27(30)21-14-22-23(28-17(21)2)12-19(13-24(22)29)20-7-5-6-8-26(20)32-4;1-6-3-2-4-7(8)5-6;3*1-2/h5-11,19,28H,12-15H2,1-4H3;2-5,8H,1H3;1-2H3;2*1H2. The molecular formula is C38H47NO8. The average molecular weight is 646 g/mol. The molecular weight excluding hydrogens is 598 g/mol. The predicted octanol–water partition coefficient (Wildman–Crippen LogP) is 7.08. The van der Waals surface area contributed by atoms with Crippen molar-refractivity contribution in [3.63, 3.8) is 0 Å². The van der Waals surface area contributed by atoms with Gasteiger partial charge in [0.05, 0.1) is 19.8 Å². The van der Waals surface area contributed by atoms with E-state index in [0.717, 1.165) is 45.1 Å². The van der Waals surface area contributed by atoms with Gasteiger partial charge >= 0.3 is 5.97 Å². The van der Waals surface area contributed by atoms with Gasteiger partial charge in [-0.25, -0.2) is 4.79 Å². The van der Waals surface area contributed by atoms with Gasteiger partial charge in [-0.2, -0.15) is 0 Å². The summed E-state index contributed by atoms with van der Waals surface area (Å²) in [6.07, 6.45) is 1.39. The number of aromatic hydroxyl groups is 1. The highest BCUT2D eigenvalue weighted by Crippen LogP contribution is 2.41. The van der Waals surface area contributed by atoms with E-state index in [-0.39, 0.29) is 18.3 Å². The van der Waals surface area contributed by atoms with Gasteiger partial charge in [0.15, 0.2) is 5.78 Å². The summed E-state index contributed by atoms with van der Waals surface area (Å²) in [5, 5.41) is 12.1. The highest BCUT2D eigenvalue weighted by Gasteiger charge is 2.34. The topological polar surface area (TPSA) is 128 Å². The van der Waals surface area contributed by atoms with Crippen molar-refractivity contribution in [2.75, 3.05) is 14.2 Å². The number of phenolic OH excluding ortho intramolecular Hbond substituents is 1. The maximum atomic E-state index is 13.0. The van der Waals surface area contributed by atoms with Crippen LogP contribution in [0.2, 0.25) is 0 Å². The lowest BCUT2D eigenvalue weighted by Crippen LogP contribution is -2.31. The first-order valence-electron chi connectivity index (χ1n) is 15.2. The molecule has 1 aliphatic heterocycles. The highest BCUT2D eigenvalue weighted by atomic mass is 16.5. The van der Waals surface area contributed by atoms with E-state index >= 15 is 0 Å². The van der Waals surface area contributed by atoms with Crippen LogP contribution in [0.25, 0.3) is 0 Å². The van der Waals surface area contributed by atoms with Crippen LogP contribution in [0.5, 0.6) is 17.2 Å². The zero-order valence-electron chi connectivity index (χ0n) is 28.5. The van der Waals surface area contributed by atoms with Crippen LogP contribution >= 0.6 is 0 Å². The summed E-state index contributed by atoms with van der Waals surface area (Å²) in [5.74, 6) is 1.62. The predicted molar refractivity (Wildman–Crippen MR) is 183 cm³/mol. The number of carbonyl (C=O) groups is 4. The Kier molecular flexibility index (Phi) is 17.6. The second kappa shape index (κ2) is 20.8. The summed E-state index contributed by atoms with van der Waals surface area (Å²) < 4.78 is 16.3. The number of ether oxygens (including phenoxy) is 3. The van der Waals surface area contributed by atoms with E-state index in [0.29, 0.717) is 36.2 Å². The van der Waals surface area contributed by atoms with Crippen molar-refractivity contribution >= 4 is 25.3 Å². The smallest absolute Gasteiger partial charge is 0.336 e. The number of Topliss-reactive ketones (excluding diaryl/α,β-unsaturated/α-hetero) is 1. The summed E-state index contributed by atoms with van der Waals surface area (Å²) >= 11 is 0. The lowest BCUT2D eigenvalue weighted by atomic mass is 9.78. The Morgan fingerprint density at radius 3 is 2.11 bits per heavy atom. The van der Waals surface area contributed by atoms with Crippen molar-refractivity contribution < 1.29 is 38.5 Å². The van der Waals surface area contributed by atoms with Crippen LogP contribution in [0, 0.1) is 13.8 Å². The molecule has 3 aromatic rings. The van der Waals surface area contributed by atoms with E-state index in [1.54, 1.807) is 26.4 Å². The van der Waals surface area contributed by atoms with Gasteiger partial charge in [0.1, 0.15) is 37.4 Å². The third-order valence-electron chi connectivity index (χ3n) is 7.38. The molecule has 2 aliphatic rings. The summed E-state index contributed by atoms with van der Waals surface area (Å²) in [4.78, 5) is 41.9. The molecule has 0 spiro atoms. The number of benzene rings is 3. The van der Waals surface area contributed by atoms with Crippen LogP contribution in [0.1, 0.15) is 68.2 Å². The molecule has 5 rings (SSSR count). The molecule has 3 aromatic carbocycles. The number of hydrogen-bond acceptors (Lipinski definition) is 9. The molecule has 0 saturated heterocycles. The van der Waals surface area contributed by atoms with E-state index in [2.05, 4.69) is 5.32 Å². The van der Waals surface area contributed by atoms with E-state index < -0.39 is 5.97 Å². The summed E-state index contributed by atoms with van der Waals surface area (Å²) in [6, 6.07) is 20.6. The van der Waals surface area contributed by atoms with Crippen molar-refractivity contribution in [3.05, 3.63) is 112 Å². The zero-order valence-corrected chi connectivity index (χ0v) is 28.5. The first-order valence-corrected chi connectivity index (χ1v) is 15.2. The summed E-state index contributed by atoms with van der Waals surface area (Å²) in [6.45, 7) is 13.9. The minimum atomic E-state index is -0.403. The molecule has 2 N–H and O–H groups in total. The second-order valence-electron chi connectivity index (χ2n) is 10.4. The molecule has 1 atom stereocenters. The lowest BCUT2D eigenvalue weighted by Gasteiger charge is -2.32. The first-order chi connectivity index (χ1) is 22.7. The van der Waals surface area contributed by atoms with Gasteiger partial charge in [-0.1, -0.05) is 50.2 Å². The van der Waals surface area contributed by atoms with Gasteiger partial charge < -0.3 is 34.2 Å². The number of esters is 1. The quantitative estimate of drug-likeness (QED) is 0.270. The Bertz CT molecular complexity index is 1520. The molecule has 0 bridgehead atoms. The van der Waals surface area contributed by atoms with Crippen LogP contribution in [0.15, 0.2) is 89.3 Å². The molecule has 1 heterocycles. The number of allylic oxidation sites excluding steroid dienone is 3. The normalized spacial score (nSPS) is 14.4. The SMILES string of the molecule is C=O.C=O.CC.COc1ccc(COC(=O)C2=C(C)NC3=C(C2)C(=O)CC(c2ccccc2OC)C3)cc1C.Cc1cccc(O)c1. The van der Waals surface area contributed by atoms with E-state index in [1.165, 1.54) is 0 Å². The number of hydrogen-bond donors (Lipinski definition) is 2. The molecule has 0 fully saturated rings. The van der Waals surface area contributed by atoms with Gasteiger partial charge in [-0.05, 0) is 79.8 Å². The molecule has 0 aromatic heterocycles. The Morgan fingerprint density at radius 2 is 1.53 bits per heavy atom. The highest BCUT2D eigenvalue weighted by molar-refractivity contribution is 6.01. The van der Waals surface area contributed by atoms with Gasteiger partial charge in [0.2, 0.25) is 0 Å². The van der Waals surface area contributed by atoms with Crippen molar-refractivity contribution in [1.82, 2.24) is 5.32 Å². The van der Waals surface area contributed by atoms with Gasteiger partial charge in [-0.15, -0.1) is 0 Å². The zero-order chi connectivity index (χ0) is 35.5. The number of aryl methyl sites for hydroxylation is 2. The number of methoxy groups -OCH3 is 2. The van der Waals surface area contributed by atoms with E-state index in [4.69, 9.17) is 28.9 Å². The van der Waals surface area contributed by atoms with Crippen LogP contribution in [-0.4, -0.2) is 44.7 Å². The fourth-order valence-corrected chi connectivity index (χ4v) is 5.24. The molecule has 0 amide bonds. The van der Waals surface area contributed by atoms with Crippen LogP contribution in [0.4, 0.5) is 0 Å². The van der Waals surface area contributed by atoms with Gasteiger partial charge in [0.25, 0.3) is 0 Å². The number of para-hydroxylation sites is 1. The average Bonchev–Trinajstić information content (AvgIpc) is 3.09. The molecule has 9 heteroatoms. The van der Waals surface area contributed by atoms with Gasteiger partial charge in [-0.3, -0.25) is 4.79 Å². The third-order valence-corrected chi connectivity index (χ3v) is 7.38. The van der Waals surface area contributed by atoms with Crippen LogP contribution in [-0.2, 0) is 30.5 Å². The maximum absolute atomic E-state index is 13.0. The largest absolute Gasteiger partial charge is 0.508 e. The van der Waals surface area contributed by atoms with E-state index in [1.807, 2.05) is 103 Å². The van der Waals surface area contributed by atoms with Crippen molar-refractivity contribution in [2.45, 2.75) is 66.4 Å². The van der Waals surface area contributed by atoms with Crippen LogP contribution < -0.4 is 14.8 Å². The Labute approximate surface area is 278 Å². The minimum absolute atomic E-state index is 0.0412. The minimum Gasteiger partial charge on any atom is -0.508 e. The van der Waals surface area contributed by atoms with Gasteiger partial charge in [0, 0.05) is 35.7 Å². The summed E-state index contributed by atoms with van der Waals surface area (Å²) in [7, 11) is 3.27. The lowest BCUT2D eigenvalue weighted by molar-refractivity contribution is -0.140. The number of carbonyl (C=O) groups excluding carboxylic acids is 4. The number of phenols is 1. The number of nitrogens with one attached hydrogen (secondary N) is 1. The molecule has 1 unspecified atom stereocenters. The summed E-state index contributed by atoms with van der Waals surface area (Å²) in [5.41, 5.74) is 6.79. The fraction of sp³-hybridized carbons (Fsp3) is 0.316. The molecule has 252 valence electrons. The second-order valence-corrected chi connectivity index (χ2v) is 10.4. The van der Waals surface area contributed by atoms with Crippen molar-refractivity contribution in [3.8, 4) is 17.2 Å². The van der Waals surface area contributed by atoms with E-state index in [9.17, 15) is 9.59 Å².